The van der Waals surface area contributed by atoms with E-state index in [1.807, 2.05) is 18.4 Å². The van der Waals surface area contributed by atoms with Gasteiger partial charge in [-0.15, -0.1) is 11.3 Å². The van der Waals surface area contributed by atoms with Gasteiger partial charge in [-0.3, -0.25) is 9.59 Å². The fourth-order valence-electron chi connectivity index (χ4n) is 3.13. The number of carbonyl (C=O) groups is 2. The van der Waals surface area contributed by atoms with Gasteiger partial charge in [0.2, 0.25) is 5.91 Å². The molecular weight excluding hydrogens is 372 g/mol. The van der Waals surface area contributed by atoms with Crippen LogP contribution in [-0.4, -0.2) is 36.4 Å². The number of methoxy groups -OCH3 is 1. The van der Waals surface area contributed by atoms with Crippen LogP contribution < -0.4 is 10.1 Å². The van der Waals surface area contributed by atoms with E-state index in [-0.39, 0.29) is 11.8 Å². The highest BCUT2D eigenvalue weighted by Gasteiger charge is 2.33. The number of carbonyl (C=O) groups excluding carboxylic acids is 2. The maximum Gasteiger partial charge on any atom is 0.264 e. The van der Waals surface area contributed by atoms with E-state index in [1.54, 1.807) is 23.1 Å². The van der Waals surface area contributed by atoms with E-state index in [2.05, 4.69) is 5.32 Å². The van der Waals surface area contributed by atoms with E-state index in [4.69, 9.17) is 16.3 Å². The zero-order valence-corrected chi connectivity index (χ0v) is 16.3. The number of ether oxygens (including phenoxy) is 1. The minimum absolute atomic E-state index is 0.0842. The van der Waals surface area contributed by atoms with Crippen molar-refractivity contribution in [3.8, 4) is 5.75 Å². The normalized spacial score (nSPS) is 17.0. The van der Waals surface area contributed by atoms with Crippen LogP contribution >= 0.6 is 22.9 Å². The number of amides is 2. The van der Waals surface area contributed by atoms with Gasteiger partial charge < -0.3 is 15.0 Å². The smallest absolute Gasteiger partial charge is 0.264 e. The van der Waals surface area contributed by atoms with E-state index < -0.39 is 6.04 Å². The molecule has 7 heteroatoms. The number of thiophene rings is 1. The van der Waals surface area contributed by atoms with Crippen molar-refractivity contribution in [2.45, 2.75) is 32.2 Å². The molecule has 2 aromatic rings. The number of anilines is 1. The highest BCUT2D eigenvalue weighted by Crippen LogP contribution is 2.32. The summed E-state index contributed by atoms with van der Waals surface area (Å²) in [6, 6.07) is 6.62. The molecule has 2 amide bonds. The molecule has 1 fully saturated rings. The molecule has 0 spiro atoms. The molecule has 1 atom stereocenters. The van der Waals surface area contributed by atoms with Gasteiger partial charge in [0.05, 0.1) is 17.7 Å². The Morgan fingerprint density at radius 1 is 1.35 bits per heavy atom. The van der Waals surface area contributed by atoms with E-state index in [0.29, 0.717) is 34.3 Å². The lowest BCUT2D eigenvalue weighted by Crippen LogP contribution is -2.49. The first kappa shape index (κ1) is 18.7. The molecule has 26 heavy (non-hydrogen) atoms. The van der Waals surface area contributed by atoms with Crippen molar-refractivity contribution in [3.05, 3.63) is 45.1 Å². The summed E-state index contributed by atoms with van der Waals surface area (Å²) in [6.45, 7) is 2.45. The van der Waals surface area contributed by atoms with Gasteiger partial charge in [-0.25, -0.2) is 0 Å². The molecular formula is C19H21ClN2O3S. The minimum Gasteiger partial charge on any atom is -0.495 e. The molecule has 3 rings (SSSR count). The first-order valence-electron chi connectivity index (χ1n) is 8.50. The van der Waals surface area contributed by atoms with Crippen molar-refractivity contribution in [2.75, 3.05) is 19.0 Å². The molecule has 0 aliphatic carbocycles. The number of hydrogen-bond donors (Lipinski definition) is 1. The van der Waals surface area contributed by atoms with Crippen LogP contribution in [0.25, 0.3) is 0 Å². The number of piperidine rings is 1. The van der Waals surface area contributed by atoms with Crippen LogP contribution in [0.15, 0.2) is 29.6 Å². The molecule has 0 saturated carbocycles. The van der Waals surface area contributed by atoms with Gasteiger partial charge in [-0.2, -0.15) is 0 Å². The Labute approximate surface area is 161 Å². The highest BCUT2D eigenvalue weighted by molar-refractivity contribution is 7.12. The average Bonchev–Trinajstić information content (AvgIpc) is 3.18. The number of nitrogens with zero attached hydrogens (tertiary/aromatic N) is 1. The third kappa shape index (κ3) is 3.86. The predicted octanol–water partition coefficient (Wildman–Crippen LogP) is 4.35. The van der Waals surface area contributed by atoms with Crippen LogP contribution in [0.2, 0.25) is 5.02 Å². The number of hydrogen-bond acceptors (Lipinski definition) is 4. The summed E-state index contributed by atoms with van der Waals surface area (Å²) >= 11 is 7.52. The predicted molar refractivity (Wildman–Crippen MR) is 104 cm³/mol. The summed E-state index contributed by atoms with van der Waals surface area (Å²) in [6.07, 6.45) is 2.48. The summed E-state index contributed by atoms with van der Waals surface area (Å²) < 4.78 is 5.32. The Morgan fingerprint density at radius 3 is 2.85 bits per heavy atom. The van der Waals surface area contributed by atoms with Crippen molar-refractivity contribution in [2.24, 2.45) is 0 Å². The highest BCUT2D eigenvalue weighted by atomic mass is 35.5. The fourth-order valence-corrected chi connectivity index (χ4v) is 3.97. The van der Waals surface area contributed by atoms with Crippen LogP contribution in [0.5, 0.6) is 5.75 Å². The van der Waals surface area contributed by atoms with Crippen LogP contribution in [0.1, 0.15) is 34.5 Å². The standard InChI is InChI=1S/C19H21ClN2O3S/c1-12-10-14(16(25-2)11-13(12)20)21-18(23)15-6-3-4-8-22(15)19(24)17-7-5-9-26-17/h5,7,9-11,15H,3-4,6,8H2,1-2H3,(H,21,23). The summed E-state index contributed by atoms with van der Waals surface area (Å²) in [7, 11) is 1.53. The lowest BCUT2D eigenvalue weighted by atomic mass is 10.0. The Bertz CT molecular complexity index is 807. The maximum absolute atomic E-state index is 12.9. The molecule has 1 N–H and O–H groups in total. The van der Waals surface area contributed by atoms with Crippen molar-refractivity contribution < 1.29 is 14.3 Å². The molecule has 1 aromatic carbocycles. The Hall–Kier alpha value is -2.05. The number of rotatable bonds is 4. The molecule has 0 radical (unpaired) electrons. The van der Waals surface area contributed by atoms with Gasteiger partial charge in [0, 0.05) is 17.6 Å². The van der Waals surface area contributed by atoms with Crippen LogP contribution in [0.4, 0.5) is 5.69 Å². The van der Waals surface area contributed by atoms with Gasteiger partial charge in [0.25, 0.3) is 5.91 Å². The average molecular weight is 393 g/mol. The molecule has 2 heterocycles. The molecule has 1 saturated heterocycles. The molecule has 5 nitrogen and oxygen atoms in total. The van der Waals surface area contributed by atoms with Crippen molar-refractivity contribution >= 4 is 40.4 Å². The van der Waals surface area contributed by atoms with Crippen molar-refractivity contribution in [1.29, 1.82) is 0 Å². The first-order chi connectivity index (χ1) is 12.5. The SMILES string of the molecule is COc1cc(Cl)c(C)cc1NC(=O)C1CCCCN1C(=O)c1cccs1. The molecule has 1 unspecified atom stereocenters. The number of likely N-dealkylation sites (tertiary alicyclic amines) is 1. The van der Waals surface area contributed by atoms with E-state index >= 15 is 0 Å². The van der Waals surface area contributed by atoms with Gasteiger partial charge >= 0.3 is 0 Å². The van der Waals surface area contributed by atoms with E-state index in [0.717, 1.165) is 18.4 Å². The second-order valence-electron chi connectivity index (χ2n) is 6.28. The minimum atomic E-state index is -0.487. The molecule has 1 aliphatic heterocycles. The van der Waals surface area contributed by atoms with Gasteiger partial charge in [0.1, 0.15) is 11.8 Å². The van der Waals surface area contributed by atoms with Crippen LogP contribution in [-0.2, 0) is 4.79 Å². The zero-order chi connectivity index (χ0) is 18.7. The summed E-state index contributed by atoms with van der Waals surface area (Å²) in [4.78, 5) is 28.0. The van der Waals surface area contributed by atoms with E-state index in [9.17, 15) is 9.59 Å². The lowest BCUT2D eigenvalue weighted by Gasteiger charge is -2.34. The van der Waals surface area contributed by atoms with Gasteiger partial charge in [-0.1, -0.05) is 17.7 Å². The lowest BCUT2D eigenvalue weighted by molar-refractivity contribution is -0.121. The van der Waals surface area contributed by atoms with Crippen LogP contribution in [0, 0.1) is 6.92 Å². The van der Waals surface area contributed by atoms with Crippen molar-refractivity contribution in [3.63, 3.8) is 0 Å². The summed E-state index contributed by atoms with van der Waals surface area (Å²) in [5, 5.41) is 5.36. The third-order valence-electron chi connectivity index (χ3n) is 4.54. The molecule has 138 valence electrons. The Balaban J connectivity index is 1.81. The van der Waals surface area contributed by atoms with Gasteiger partial charge in [-0.05, 0) is 49.3 Å². The zero-order valence-electron chi connectivity index (χ0n) is 14.8. The first-order valence-corrected chi connectivity index (χ1v) is 9.76. The molecule has 1 aliphatic rings. The number of halogens is 1. The van der Waals surface area contributed by atoms with Crippen molar-refractivity contribution in [1.82, 2.24) is 4.90 Å². The monoisotopic (exact) mass is 392 g/mol. The second-order valence-corrected chi connectivity index (χ2v) is 7.63. The second kappa shape index (κ2) is 8.10. The van der Waals surface area contributed by atoms with E-state index in [1.165, 1.54) is 18.4 Å². The topological polar surface area (TPSA) is 58.6 Å². The summed E-state index contributed by atoms with van der Waals surface area (Å²) in [5.74, 6) is 0.217. The van der Waals surface area contributed by atoms with Gasteiger partial charge in [0.15, 0.2) is 0 Å². The van der Waals surface area contributed by atoms with Crippen LogP contribution in [0.3, 0.4) is 0 Å². The number of aryl methyl sites for hydroxylation is 1. The number of benzene rings is 1. The maximum atomic E-state index is 12.9. The summed E-state index contributed by atoms with van der Waals surface area (Å²) in [5.41, 5.74) is 1.41. The third-order valence-corrected chi connectivity index (χ3v) is 5.80. The quantitative estimate of drug-likeness (QED) is 0.841. The number of nitrogens with one attached hydrogen (secondary N) is 1. The molecule has 1 aromatic heterocycles. The Kier molecular flexibility index (Phi) is 5.84. The molecule has 0 bridgehead atoms. The Morgan fingerprint density at radius 2 is 2.15 bits per heavy atom. The largest absolute Gasteiger partial charge is 0.495 e. The fraction of sp³-hybridized carbons (Fsp3) is 0.368.